The van der Waals surface area contributed by atoms with Gasteiger partial charge in [0.25, 0.3) is 0 Å². The number of pyridine rings is 1. The highest BCUT2D eigenvalue weighted by Crippen LogP contribution is 2.32. The van der Waals surface area contributed by atoms with Gasteiger partial charge in [-0.1, -0.05) is 71.9 Å². The van der Waals surface area contributed by atoms with Gasteiger partial charge in [-0.3, -0.25) is 4.98 Å². The van der Waals surface area contributed by atoms with E-state index < -0.39 is 9.84 Å². The van der Waals surface area contributed by atoms with Gasteiger partial charge in [0, 0.05) is 36.6 Å². The molecule has 0 saturated carbocycles. The first-order chi connectivity index (χ1) is 16.0. The van der Waals surface area contributed by atoms with Crippen LogP contribution in [0.15, 0.2) is 113 Å². The van der Waals surface area contributed by atoms with Gasteiger partial charge in [-0.15, -0.1) is 0 Å². The molecule has 3 aromatic carbocycles. The van der Waals surface area contributed by atoms with E-state index in [0.29, 0.717) is 17.0 Å². The van der Waals surface area contributed by atoms with Gasteiger partial charge in [-0.25, -0.2) is 8.42 Å². The maximum atomic E-state index is 11.8. The number of aromatic nitrogens is 1. The molecule has 33 heavy (non-hydrogen) atoms. The van der Waals surface area contributed by atoms with Crippen LogP contribution >= 0.6 is 0 Å². The highest BCUT2D eigenvalue weighted by atomic mass is 32.2. The van der Waals surface area contributed by atoms with Crippen molar-refractivity contribution in [3.63, 3.8) is 0 Å². The van der Waals surface area contributed by atoms with Crippen LogP contribution in [0.2, 0.25) is 0 Å². The molecule has 0 aliphatic carbocycles. The molecule has 1 heterocycles. The van der Waals surface area contributed by atoms with Crippen LogP contribution in [0.1, 0.15) is 29.0 Å². The molecule has 1 unspecified atom stereocenters. The van der Waals surface area contributed by atoms with Crippen molar-refractivity contribution >= 4 is 15.5 Å². The van der Waals surface area contributed by atoms with E-state index >= 15 is 0 Å². The van der Waals surface area contributed by atoms with Gasteiger partial charge < -0.3 is 5.21 Å². The summed E-state index contributed by atoms with van der Waals surface area (Å²) in [6.45, 7) is 0. The Morgan fingerprint density at radius 1 is 0.848 bits per heavy atom. The molecule has 0 spiro atoms. The third kappa shape index (κ3) is 5.35. The van der Waals surface area contributed by atoms with E-state index in [4.69, 9.17) is 0 Å². The van der Waals surface area contributed by atoms with E-state index in [1.165, 1.54) is 6.26 Å². The summed E-state index contributed by atoms with van der Waals surface area (Å²) in [7, 11) is -3.24. The molecule has 0 bridgehead atoms. The highest BCUT2D eigenvalue weighted by molar-refractivity contribution is 7.90. The number of nitrogens with zero attached hydrogens (tertiary/aromatic N) is 2. The van der Waals surface area contributed by atoms with Gasteiger partial charge in [0.1, 0.15) is 0 Å². The third-order valence-corrected chi connectivity index (χ3v) is 6.77. The van der Waals surface area contributed by atoms with E-state index in [2.05, 4.69) is 34.4 Å². The van der Waals surface area contributed by atoms with Gasteiger partial charge in [-0.05, 0) is 46.5 Å². The maximum Gasteiger partial charge on any atom is 0.175 e. The molecule has 1 atom stereocenters. The predicted molar refractivity (Wildman–Crippen MR) is 130 cm³/mol. The van der Waals surface area contributed by atoms with Crippen LogP contribution in [-0.4, -0.2) is 30.6 Å². The second-order valence-corrected chi connectivity index (χ2v) is 9.89. The van der Waals surface area contributed by atoms with E-state index in [0.717, 1.165) is 27.8 Å². The molecule has 6 heteroatoms. The van der Waals surface area contributed by atoms with Crippen LogP contribution in [-0.2, 0) is 9.84 Å². The lowest BCUT2D eigenvalue weighted by atomic mass is 9.84. The minimum Gasteiger partial charge on any atom is -0.411 e. The summed E-state index contributed by atoms with van der Waals surface area (Å²) in [6, 6.07) is 28.8. The fraction of sp³-hybridized carbons (Fsp3) is 0.111. The van der Waals surface area contributed by atoms with Crippen molar-refractivity contribution in [3.8, 4) is 11.1 Å². The van der Waals surface area contributed by atoms with E-state index in [9.17, 15) is 13.6 Å². The molecular formula is C27H24N2O3S. The molecule has 4 rings (SSSR count). The van der Waals surface area contributed by atoms with E-state index in [1.807, 2.05) is 54.6 Å². The largest absolute Gasteiger partial charge is 0.411 e. The van der Waals surface area contributed by atoms with Crippen molar-refractivity contribution in [3.05, 3.63) is 120 Å². The standard InChI is InChI=1S/C27H24N2O3S/c1-33(31,32)25-12-10-20(11-13-25)23-8-5-9-24(18-23)26(21-6-3-2-4-7-21)19-27(29-30)22-14-16-28-17-15-22/h2-18,26,30H,19H2,1H3/b29-27+. The molecule has 4 aromatic rings. The zero-order chi connectivity index (χ0) is 23.3. The van der Waals surface area contributed by atoms with Crippen molar-refractivity contribution in [2.45, 2.75) is 17.2 Å². The van der Waals surface area contributed by atoms with Gasteiger partial charge >= 0.3 is 0 Å². The minimum absolute atomic E-state index is 0.0412. The Balaban J connectivity index is 1.72. The highest BCUT2D eigenvalue weighted by Gasteiger charge is 2.19. The average Bonchev–Trinajstić information content (AvgIpc) is 2.85. The van der Waals surface area contributed by atoms with Gasteiger partial charge in [0.2, 0.25) is 0 Å². The SMILES string of the molecule is CS(=O)(=O)c1ccc(-c2cccc(C(C/C(=N\O)c3ccncc3)c3ccccc3)c2)cc1. The third-order valence-electron chi connectivity index (χ3n) is 5.64. The summed E-state index contributed by atoms with van der Waals surface area (Å²) in [4.78, 5) is 4.35. The van der Waals surface area contributed by atoms with Crippen molar-refractivity contribution < 1.29 is 13.6 Å². The monoisotopic (exact) mass is 456 g/mol. The fourth-order valence-corrected chi connectivity index (χ4v) is 4.53. The summed E-state index contributed by atoms with van der Waals surface area (Å²) in [5, 5.41) is 13.4. The maximum absolute atomic E-state index is 11.8. The topological polar surface area (TPSA) is 79.6 Å². The Morgan fingerprint density at radius 2 is 1.52 bits per heavy atom. The Bertz CT molecular complexity index is 1350. The Hall–Kier alpha value is -3.77. The normalized spacial score (nSPS) is 12.9. The fourth-order valence-electron chi connectivity index (χ4n) is 3.90. The molecular weight excluding hydrogens is 432 g/mol. The lowest BCUT2D eigenvalue weighted by Gasteiger charge is -2.20. The Kier molecular flexibility index (Phi) is 6.66. The predicted octanol–water partition coefficient (Wildman–Crippen LogP) is 5.55. The molecule has 5 nitrogen and oxygen atoms in total. The summed E-state index contributed by atoms with van der Waals surface area (Å²) < 4.78 is 23.6. The molecule has 0 amide bonds. The molecule has 0 radical (unpaired) electrons. The molecule has 0 aliphatic rings. The first-order valence-electron chi connectivity index (χ1n) is 10.5. The zero-order valence-corrected chi connectivity index (χ0v) is 19.0. The number of hydrogen-bond acceptors (Lipinski definition) is 5. The zero-order valence-electron chi connectivity index (χ0n) is 18.2. The Labute approximate surface area is 194 Å². The lowest BCUT2D eigenvalue weighted by Crippen LogP contribution is -2.10. The first kappa shape index (κ1) is 22.4. The number of oxime groups is 1. The van der Waals surface area contributed by atoms with Crippen LogP contribution in [0.25, 0.3) is 11.1 Å². The van der Waals surface area contributed by atoms with Crippen LogP contribution in [0, 0.1) is 0 Å². The number of sulfone groups is 1. The second-order valence-electron chi connectivity index (χ2n) is 7.87. The summed E-state index contributed by atoms with van der Waals surface area (Å²) in [6.07, 6.45) is 5.06. The molecule has 1 N–H and O–H groups in total. The van der Waals surface area contributed by atoms with Crippen molar-refractivity contribution in [1.29, 1.82) is 0 Å². The Morgan fingerprint density at radius 3 is 2.15 bits per heavy atom. The van der Waals surface area contributed by atoms with Crippen molar-refractivity contribution in [1.82, 2.24) is 4.98 Å². The van der Waals surface area contributed by atoms with Gasteiger partial charge in [0.05, 0.1) is 10.6 Å². The average molecular weight is 457 g/mol. The second kappa shape index (κ2) is 9.79. The van der Waals surface area contributed by atoms with E-state index in [1.54, 1.807) is 24.5 Å². The summed E-state index contributed by atoms with van der Waals surface area (Å²) in [5.74, 6) is -0.0412. The molecule has 0 fully saturated rings. The lowest BCUT2D eigenvalue weighted by molar-refractivity contribution is 0.317. The van der Waals surface area contributed by atoms with Crippen LogP contribution in [0.3, 0.4) is 0 Å². The number of rotatable bonds is 7. The first-order valence-corrected chi connectivity index (χ1v) is 12.4. The van der Waals surface area contributed by atoms with Crippen LogP contribution in [0.4, 0.5) is 0 Å². The van der Waals surface area contributed by atoms with Crippen LogP contribution in [0.5, 0.6) is 0 Å². The number of hydrogen-bond donors (Lipinski definition) is 1. The van der Waals surface area contributed by atoms with Crippen molar-refractivity contribution in [2.75, 3.05) is 6.26 Å². The quantitative estimate of drug-likeness (QED) is 0.225. The summed E-state index contributed by atoms with van der Waals surface area (Å²) >= 11 is 0. The van der Waals surface area contributed by atoms with Crippen LogP contribution < -0.4 is 0 Å². The molecule has 166 valence electrons. The molecule has 0 aliphatic heterocycles. The number of benzene rings is 3. The smallest absolute Gasteiger partial charge is 0.175 e. The van der Waals surface area contributed by atoms with Gasteiger partial charge in [-0.2, -0.15) is 0 Å². The van der Waals surface area contributed by atoms with Crippen molar-refractivity contribution in [2.24, 2.45) is 5.16 Å². The van der Waals surface area contributed by atoms with E-state index in [-0.39, 0.29) is 5.92 Å². The van der Waals surface area contributed by atoms with Gasteiger partial charge in [0.15, 0.2) is 9.84 Å². The molecule has 1 aromatic heterocycles. The minimum atomic E-state index is -3.24. The summed E-state index contributed by atoms with van der Waals surface area (Å²) in [5.41, 5.74) is 5.50. The molecule has 0 saturated heterocycles.